The Morgan fingerprint density at radius 3 is 2.30 bits per heavy atom. The average Bonchev–Trinajstić information content (AvgIpc) is 3.06. The first-order valence-electron chi connectivity index (χ1n) is 5.85. The van der Waals surface area contributed by atoms with Crippen LogP contribution in [0.25, 0.3) is 0 Å². The van der Waals surface area contributed by atoms with Crippen molar-refractivity contribution in [3.8, 4) is 0 Å². The molecule has 0 fully saturated rings. The first kappa shape index (κ1) is 13.3. The number of carboxylic acid groups (broad SMARTS) is 1. The zero-order chi connectivity index (χ0) is 14.3. The van der Waals surface area contributed by atoms with Crippen LogP contribution in [0.4, 0.5) is 0 Å². The van der Waals surface area contributed by atoms with Crippen LogP contribution in [0, 0.1) is 0 Å². The highest BCUT2D eigenvalue weighted by Gasteiger charge is 2.31. The molecule has 0 bridgehead atoms. The average molecular weight is 308 g/mol. The number of carbonyl (C=O) groups is 1. The number of aromatic carboxylic acids is 1. The summed E-state index contributed by atoms with van der Waals surface area (Å²) in [6.45, 7) is 0.629. The molecule has 2 aromatic rings. The number of hydrogen-bond acceptors (Lipinski definition) is 5. The van der Waals surface area contributed by atoms with Crippen molar-refractivity contribution in [2.24, 2.45) is 0 Å². The van der Waals surface area contributed by atoms with Crippen molar-refractivity contribution in [3.63, 3.8) is 0 Å². The predicted octanol–water partition coefficient (Wildman–Crippen LogP) is 0.816. The van der Waals surface area contributed by atoms with E-state index in [0.717, 1.165) is 28.5 Å². The van der Waals surface area contributed by atoms with Gasteiger partial charge in [0.05, 0.1) is 15.7 Å². The summed E-state index contributed by atoms with van der Waals surface area (Å²) in [5.74, 6) is -1.36. The number of carboxylic acids is 1. The third-order valence-electron chi connectivity index (χ3n) is 3.23. The van der Waals surface area contributed by atoms with Crippen LogP contribution in [-0.4, -0.2) is 18.7 Å². The smallest absolute Gasteiger partial charge is 0.244 e. The van der Waals surface area contributed by atoms with Gasteiger partial charge in [0.2, 0.25) is 10.0 Å². The van der Waals surface area contributed by atoms with Crippen LogP contribution in [0.15, 0.2) is 40.6 Å². The van der Waals surface area contributed by atoms with Crippen LogP contribution in [0.5, 0.6) is 0 Å². The molecular formula is C13H10NO4S2-. The molecule has 3 rings (SSSR count). The van der Waals surface area contributed by atoms with E-state index in [0.29, 0.717) is 13.1 Å². The zero-order valence-electron chi connectivity index (χ0n) is 10.3. The molecule has 0 N–H and O–H groups in total. The number of fused-ring (bicyclic) bond motifs is 1. The maximum atomic E-state index is 12.5. The summed E-state index contributed by atoms with van der Waals surface area (Å²) in [6, 6.07) is 8.68. The van der Waals surface area contributed by atoms with Crippen molar-refractivity contribution in [3.05, 3.63) is 51.7 Å². The van der Waals surface area contributed by atoms with Crippen molar-refractivity contribution in [1.82, 2.24) is 4.31 Å². The molecule has 104 valence electrons. The van der Waals surface area contributed by atoms with Crippen LogP contribution in [0.1, 0.15) is 20.8 Å². The second-order valence-corrected chi connectivity index (χ2v) is 7.33. The molecule has 1 aliphatic rings. The third-order valence-corrected chi connectivity index (χ3v) is 6.06. The Balaban J connectivity index is 1.92. The molecule has 1 aromatic heterocycles. The largest absolute Gasteiger partial charge is 0.544 e. The van der Waals surface area contributed by atoms with E-state index in [9.17, 15) is 18.3 Å². The van der Waals surface area contributed by atoms with E-state index < -0.39 is 16.0 Å². The molecular weight excluding hydrogens is 298 g/mol. The molecule has 0 saturated carbocycles. The lowest BCUT2D eigenvalue weighted by molar-refractivity contribution is -0.254. The highest BCUT2D eigenvalue weighted by Crippen LogP contribution is 2.30. The fraction of sp³-hybridized carbons (Fsp3) is 0.154. The maximum Gasteiger partial charge on any atom is 0.244 e. The maximum absolute atomic E-state index is 12.5. The Hall–Kier alpha value is -1.70. The lowest BCUT2D eigenvalue weighted by Gasteiger charge is -2.14. The van der Waals surface area contributed by atoms with Crippen molar-refractivity contribution in [2.45, 2.75) is 18.0 Å². The van der Waals surface area contributed by atoms with Gasteiger partial charge in [-0.3, -0.25) is 0 Å². The Morgan fingerprint density at radius 1 is 1.20 bits per heavy atom. The summed E-state index contributed by atoms with van der Waals surface area (Å²) in [5.41, 5.74) is 1.96. The lowest BCUT2D eigenvalue weighted by Crippen LogP contribution is -2.25. The molecule has 7 heteroatoms. The standard InChI is InChI=1S/C13H11NO4S2/c15-13(16)12-5-11(8-19-12)20(17,18)14-6-9-3-1-2-4-10(9)7-14/h1-5,8H,6-7H2,(H,15,16)/p-1. The Labute approximate surface area is 120 Å². The van der Waals surface area contributed by atoms with Crippen LogP contribution >= 0.6 is 11.3 Å². The first-order chi connectivity index (χ1) is 9.48. The second-order valence-electron chi connectivity index (χ2n) is 4.48. The molecule has 5 nitrogen and oxygen atoms in total. The van der Waals surface area contributed by atoms with Crippen LogP contribution in [-0.2, 0) is 23.1 Å². The van der Waals surface area contributed by atoms with E-state index in [4.69, 9.17) is 0 Å². The molecule has 0 aliphatic carbocycles. The van der Waals surface area contributed by atoms with Gasteiger partial charge in [-0.25, -0.2) is 8.42 Å². The molecule has 20 heavy (non-hydrogen) atoms. The molecule has 2 heterocycles. The van der Waals surface area contributed by atoms with Gasteiger partial charge >= 0.3 is 0 Å². The summed E-state index contributed by atoms with van der Waals surface area (Å²) in [6.07, 6.45) is 0. The van der Waals surface area contributed by atoms with Gasteiger partial charge in [-0.15, -0.1) is 11.3 Å². The minimum absolute atomic E-state index is 0.00880. The van der Waals surface area contributed by atoms with E-state index in [1.165, 1.54) is 9.69 Å². The summed E-state index contributed by atoms with van der Waals surface area (Å²) in [5, 5.41) is 12.1. The second kappa shape index (κ2) is 4.69. The SMILES string of the molecule is O=C([O-])c1cc(S(=O)(=O)N2Cc3ccccc3C2)cs1. The fourth-order valence-corrected chi connectivity index (χ4v) is 4.67. The predicted molar refractivity (Wildman–Crippen MR) is 71.5 cm³/mol. The van der Waals surface area contributed by atoms with Gasteiger partial charge in [-0.1, -0.05) is 24.3 Å². The number of nitrogens with zero attached hydrogens (tertiary/aromatic N) is 1. The minimum atomic E-state index is -3.67. The minimum Gasteiger partial charge on any atom is -0.544 e. The highest BCUT2D eigenvalue weighted by molar-refractivity contribution is 7.89. The zero-order valence-corrected chi connectivity index (χ0v) is 11.9. The molecule has 0 radical (unpaired) electrons. The van der Waals surface area contributed by atoms with E-state index in [1.54, 1.807) is 0 Å². The van der Waals surface area contributed by atoms with Crippen molar-refractivity contribution in [2.75, 3.05) is 0 Å². The number of rotatable bonds is 3. The number of benzene rings is 1. The quantitative estimate of drug-likeness (QED) is 0.841. The Morgan fingerprint density at radius 2 is 1.80 bits per heavy atom. The van der Waals surface area contributed by atoms with Crippen molar-refractivity contribution in [1.29, 1.82) is 0 Å². The van der Waals surface area contributed by atoms with Gasteiger partial charge in [0.1, 0.15) is 0 Å². The van der Waals surface area contributed by atoms with Gasteiger partial charge in [0.25, 0.3) is 0 Å². The first-order valence-corrected chi connectivity index (χ1v) is 8.17. The number of carbonyl (C=O) groups excluding carboxylic acids is 1. The van der Waals surface area contributed by atoms with E-state index in [-0.39, 0.29) is 9.77 Å². The summed E-state index contributed by atoms with van der Waals surface area (Å²) in [4.78, 5) is 10.7. The molecule has 0 spiro atoms. The number of sulfonamides is 1. The highest BCUT2D eigenvalue weighted by atomic mass is 32.2. The van der Waals surface area contributed by atoms with Crippen LogP contribution in [0.3, 0.4) is 0 Å². The molecule has 1 aliphatic heterocycles. The molecule has 0 atom stereocenters. The number of thiophene rings is 1. The monoisotopic (exact) mass is 308 g/mol. The van der Waals surface area contributed by atoms with E-state index >= 15 is 0 Å². The van der Waals surface area contributed by atoms with E-state index in [2.05, 4.69) is 0 Å². The van der Waals surface area contributed by atoms with Crippen LogP contribution in [0.2, 0.25) is 0 Å². The van der Waals surface area contributed by atoms with Gasteiger partial charge in [-0.05, 0) is 17.2 Å². The number of hydrogen-bond donors (Lipinski definition) is 0. The summed E-state index contributed by atoms with van der Waals surface area (Å²) >= 11 is 0.859. The Kier molecular flexibility index (Phi) is 3.12. The van der Waals surface area contributed by atoms with E-state index in [1.807, 2.05) is 24.3 Å². The summed E-state index contributed by atoms with van der Waals surface area (Å²) in [7, 11) is -3.67. The normalized spacial score (nSPS) is 15.2. The topological polar surface area (TPSA) is 77.5 Å². The molecule has 0 saturated heterocycles. The third kappa shape index (κ3) is 2.13. The van der Waals surface area contributed by atoms with Crippen molar-refractivity contribution < 1.29 is 18.3 Å². The van der Waals surface area contributed by atoms with Gasteiger partial charge in [0.15, 0.2) is 0 Å². The van der Waals surface area contributed by atoms with Crippen molar-refractivity contribution >= 4 is 27.3 Å². The van der Waals surface area contributed by atoms with Crippen LogP contribution < -0.4 is 5.11 Å². The van der Waals surface area contributed by atoms with Gasteiger partial charge in [-0.2, -0.15) is 4.31 Å². The molecule has 0 unspecified atom stereocenters. The Bertz CT molecular complexity index is 754. The van der Waals surface area contributed by atoms with Gasteiger partial charge < -0.3 is 9.90 Å². The summed E-state index contributed by atoms with van der Waals surface area (Å²) < 4.78 is 26.3. The van der Waals surface area contributed by atoms with Gasteiger partial charge in [0, 0.05) is 18.5 Å². The lowest BCUT2D eigenvalue weighted by atomic mass is 10.1. The molecule has 1 aromatic carbocycles. The fourth-order valence-electron chi connectivity index (χ4n) is 2.18. The molecule has 0 amide bonds.